The highest BCUT2D eigenvalue weighted by Gasteiger charge is 2.40. The molecule has 2 aliphatic heterocycles. The van der Waals surface area contributed by atoms with Crippen LogP contribution in [-0.4, -0.2) is 81.6 Å². The number of halogens is 1. The fourth-order valence-corrected chi connectivity index (χ4v) is 5.30. The first-order valence-electron chi connectivity index (χ1n) is 12.8. The molecule has 0 radical (unpaired) electrons. The van der Waals surface area contributed by atoms with Gasteiger partial charge in [0.25, 0.3) is 0 Å². The number of benzene rings is 1. The van der Waals surface area contributed by atoms with Crippen LogP contribution in [0.1, 0.15) is 39.5 Å². The van der Waals surface area contributed by atoms with E-state index in [0.717, 1.165) is 79.4 Å². The van der Waals surface area contributed by atoms with Crippen LogP contribution >= 0.6 is 0 Å². The van der Waals surface area contributed by atoms with Crippen LogP contribution in [0, 0.1) is 0 Å². The Hall–Kier alpha value is -2.78. The predicted molar refractivity (Wildman–Crippen MR) is 135 cm³/mol. The smallest absolute Gasteiger partial charge is 0.132 e. The summed E-state index contributed by atoms with van der Waals surface area (Å²) in [5.74, 6) is 1.74. The number of aromatic amines is 1. The van der Waals surface area contributed by atoms with Crippen LogP contribution in [0.5, 0.6) is 5.75 Å². The summed E-state index contributed by atoms with van der Waals surface area (Å²) in [6.07, 6.45) is 4.98. The van der Waals surface area contributed by atoms with Crippen LogP contribution in [0.2, 0.25) is 0 Å². The zero-order valence-electron chi connectivity index (χ0n) is 20.6. The maximum Gasteiger partial charge on any atom is 0.132 e. The lowest BCUT2D eigenvalue weighted by Crippen LogP contribution is -2.57. The van der Waals surface area contributed by atoms with E-state index in [9.17, 15) is 0 Å². The molecule has 2 saturated heterocycles. The summed E-state index contributed by atoms with van der Waals surface area (Å²) in [6, 6.07) is 8.31. The zero-order valence-corrected chi connectivity index (χ0v) is 20.6. The second-order valence-electron chi connectivity index (χ2n) is 10.8. The molecule has 3 fully saturated rings. The van der Waals surface area contributed by atoms with Crippen molar-refractivity contribution in [3.05, 3.63) is 30.6 Å². The van der Waals surface area contributed by atoms with Crippen LogP contribution in [0.25, 0.3) is 22.3 Å². The summed E-state index contributed by atoms with van der Waals surface area (Å²) >= 11 is 0. The first kappa shape index (κ1) is 22.7. The summed E-state index contributed by atoms with van der Waals surface area (Å²) in [6.45, 7) is 8.82. The number of nitrogens with one attached hydrogen (secondary N) is 2. The van der Waals surface area contributed by atoms with E-state index >= 15 is 4.39 Å². The van der Waals surface area contributed by atoms with Crippen molar-refractivity contribution in [3.63, 3.8) is 0 Å². The summed E-state index contributed by atoms with van der Waals surface area (Å²) in [7, 11) is 0. The van der Waals surface area contributed by atoms with Gasteiger partial charge in [-0.3, -0.25) is 10.00 Å². The number of rotatable bonds is 6. The van der Waals surface area contributed by atoms with Gasteiger partial charge in [0.2, 0.25) is 0 Å². The number of piperazine rings is 1. The average Bonchev–Trinajstić information content (AvgIpc) is 3.43. The number of anilines is 1. The van der Waals surface area contributed by atoms with Gasteiger partial charge < -0.3 is 15.0 Å². The fourth-order valence-electron chi connectivity index (χ4n) is 5.30. The van der Waals surface area contributed by atoms with Gasteiger partial charge in [-0.25, -0.2) is 14.4 Å². The molecule has 9 heteroatoms. The highest BCUT2D eigenvalue weighted by Crippen LogP contribution is 2.40. The Morgan fingerprint density at radius 1 is 1.11 bits per heavy atom. The Bertz CT molecular complexity index is 1200. The summed E-state index contributed by atoms with van der Waals surface area (Å²) in [5, 5.41) is 11.9. The average molecular weight is 480 g/mol. The third kappa shape index (κ3) is 4.71. The van der Waals surface area contributed by atoms with Crippen LogP contribution < -0.4 is 15.0 Å². The normalized spacial score (nSPS) is 24.0. The van der Waals surface area contributed by atoms with Crippen molar-refractivity contribution in [2.24, 2.45) is 0 Å². The molecule has 0 amide bonds. The van der Waals surface area contributed by atoms with E-state index in [1.165, 1.54) is 0 Å². The Kier molecular flexibility index (Phi) is 5.64. The molecular formula is C26H34FN7O. The molecule has 1 aliphatic carbocycles. The monoisotopic (exact) mass is 479 g/mol. The lowest BCUT2D eigenvalue weighted by atomic mass is 9.93. The van der Waals surface area contributed by atoms with Gasteiger partial charge in [0.1, 0.15) is 34.9 Å². The van der Waals surface area contributed by atoms with Gasteiger partial charge in [-0.1, -0.05) is 0 Å². The van der Waals surface area contributed by atoms with E-state index in [1.54, 1.807) is 6.33 Å². The standard InChI is InChI=1S/C26H34FN7O/c1-18-15-33(11-12-34(18)16-26(27)7-9-28-10-8-26)23-14-22(29-17-30-23)24-20-13-19(35-25(2)5-6-25)3-4-21(20)31-32-24/h3-4,13-14,17-18,28H,5-12,15-16H2,1-2H3,(H,31,32). The lowest BCUT2D eigenvalue weighted by Gasteiger charge is -2.44. The molecule has 186 valence electrons. The molecule has 0 bridgehead atoms. The van der Waals surface area contributed by atoms with Gasteiger partial charge in [0, 0.05) is 43.7 Å². The third-order valence-corrected chi connectivity index (χ3v) is 7.82. The molecule has 1 unspecified atom stereocenters. The molecule has 1 atom stereocenters. The Morgan fingerprint density at radius 3 is 2.71 bits per heavy atom. The van der Waals surface area contributed by atoms with Gasteiger partial charge >= 0.3 is 0 Å². The number of ether oxygens (including phenoxy) is 1. The van der Waals surface area contributed by atoms with Crippen LogP contribution in [0.15, 0.2) is 30.6 Å². The molecular weight excluding hydrogens is 445 g/mol. The second-order valence-corrected chi connectivity index (χ2v) is 10.8. The highest BCUT2D eigenvalue weighted by atomic mass is 19.1. The fraction of sp³-hybridized carbons (Fsp3) is 0.577. The molecule has 4 heterocycles. The van der Waals surface area contributed by atoms with Gasteiger partial charge in [0.15, 0.2) is 0 Å². The number of hydrogen-bond acceptors (Lipinski definition) is 7. The Balaban J connectivity index is 1.19. The largest absolute Gasteiger partial charge is 0.488 e. The third-order valence-electron chi connectivity index (χ3n) is 7.82. The van der Waals surface area contributed by atoms with Crippen molar-refractivity contribution in [3.8, 4) is 17.1 Å². The van der Waals surface area contributed by atoms with E-state index in [2.05, 4.69) is 49.1 Å². The maximum atomic E-state index is 15.3. The highest BCUT2D eigenvalue weighted by molar-refractivity contribution is 5.93. The van der Waals surface area contributed by atoms with Crippen molar-refractivity contribution in [1.82, 2.24) is 30.4 Å². The minimum atomic E-state index is -1.08. The zero-order chi connectivity index (χ0) is 24.0. The van der Waals surface area contributed by atoms with Gasteiger partial charge in [-0.05, 0) is 70.8 Å². The minimum absolute atomic E-state index is 0.0336. The van der Waals surface area contributed by atoms with E-state index in [0.29, 0.717) is 19.4 Å². The Labute approximate surface area is 205 Å². The first-order chi connectivity index (χ1) is 16.9. The van der Waals surface area contributed by atoms with Gasteiger partial charge in [-0.2, -0.15) is 5.10 Å². The molecule has 2 N–H and O–H groups in total. The van der Waals surface area contributed by atoms with Gasteiger partial charge in [-0.15, -0.1) is 0 Å². The summed E-state index contributed by atoms with van der Waals surface area (Å²) in [5.41, 5.74) is 1.42. The molecule has 2 aromatic heterocycles. The summed E-state index contributed by atoms with van der Waals surface area (Å²) < 4.78 is 21.4. The van der Waals surface area contributed by atoms with Crippen LogP contribution in [0.4, 0.5) is 10.2 Å². The predicted octanol–water partition coefficient (Wildman–Crippen LogP) is 3.55. The second kappa shape index (κ2) is 8.71. The van der Waals surface area contributed by atoms with Crippen molar-refractivity contribution in [2.45, 2.75) is 56.8 Å². The van der Waals surface area contributed by atoms with Gasteiger partial charge in [0.05, 0.1) is 11.2 Å². The van der Waals surface area contributed by atoms with Crippen molar-refractivity contribution in [2.75, 3.05) is 44.2 Å². The van der Waals surface area contributed by atoms with Crippen LogP contribution in [-0.2, 0) is 0 Å². The van der Waals surface area contributed by atoms with Crippen LogP contribution in [0.3, 0.4) is 0 Å². The van der Waals surface area contributed by atoms with E-state index in [1.807, 2.05) is 24.3 Å². The molecule has 1 saturated carbocycles. The molecule has 35 heavy (non-hydrogen) atoms. The lowest BCUT2D eigenvalue weighted by molar-refractivity contribution is 0.0412. The molecule has 3 aromatic rings. The molecule has 6 rings (SSSR count). The minimum Gasteiger partial charge on any atom is -0.488 e. The van der Waals surface area contributed by atoms with Crippen molar-refractivity contribution < 1.29 is 9.13 Å². The molecule has 3 aliphatic rings. The van der Waals surface area contributed by atoms with Crippen molar-refractivity contribution >= 4 is 16.7 Å². The topological polar surface area (TPSA) is 82.2 Å². The summed E-state index contributed by atoms with van der Waals surface area (Å²) in [4.78, 5) is 13.7. The van der Waals surface area contributed by atoms with Crippen molar-refractivity contribution in [1.29, 1.82) is 0 Å². The number of nitrogens with zero attached hydrogens (tertiary/aromatic N) is 5. The van der Waals surface area contributed by atoms with E-state index in [-0.39, 0.29) is 11.6 Å². The maximum absolute atomic E-state index is 15.3. The number of piperidine rings is 1. The van der Waals surface area contributed by atoms with E-state index in [4.69, 9.17) is 4.74 Å². The number of aromatic nitrogens is 4. The number of fused-ring (bicyclic) bond motifs is 1. The molecule has 0 spiro atoms. The SMILES string of the molecule is CC1CN(c2cc(-c3n[nH]c4ccc(OC5(C)CC5)cc34)ncn2)CCN1CC1(F)CCNCC1. The quantitative estimate of drug-likeness (QED) is 0.560. The number of alkyl halides is 1. The number of hydrogen-bond donors (Lipinski definition) is 2. The first-order valence-corrected chi connectivity index (χ1v) is 12.8. The Morgan fingerprint density at radius 2 is 1.94 bits per heavy atom. The number of H-pyrrole nitrogens is 1. The molecule has 1 aromatic carbocycles. The van der Waals surface area contributed by atoms with E-state index < -0.39 is 5.67 Å². The molecule has 8 nitrogen and oxygen atoms in total.